The van der Waals surface area contributed by atoms with Crippen LogP contribution in [-0.2, 0) is 9.59 Å². The lowest BCUT2D eigenvalue weighted by Gasteiger charge is -2.22. The van der Waals surface area contributed by atoms with E-state index in [4.69, 9.17) is 10.2 Å². The summed E-state index contributed by atoms with van der Waals surface area (Å²) >= 11 is 1.63. The van der Waals surface area contributed by atoms with E-state index in [1.807, 2.05) is 0 Å². The number of carboxylic acids is 2. The van der Waals surface area contributed by atoms with Crippen LogP contribution < -0.4 is 0 Å². The third-order valence-electron chi connectivity index (χ3n) is 2.60. The molecule has 1 unspecified atom stereocenters. The predicted molar refractivity (Wildman–Crippen MR) is 69.5 cm³/mol. The summed E-state index contributed by atoms with van der Waals surface area (Å²) in [6.45, 7) is 3.38. The van der Waals surface area contributed by atoms with Crippen molar-refractivity contribution in [3.05, 3.63) is 0 Å². The number of carboxylic acid groups (broad SMARTS) is 2. The molecular formula is C12H22O4S. The molecule has 1 rings (SSSR count). The minimum atomic E-state index is -0.745. The van der Waals surface area contributed by atoms with Gasteiger partial charge in [0.25, 0.3) is 0 Å². The number of rotatable bonds is 4. The first-order chi connectivity index (χ1) is 7.97. The third kappa shape index (κ3) is 9.03. The summed E-state index contributed by atoms with van der Waals surface area (Å²) in [5.74, 6) is -1.42. The molecule has 0 aliphatic heterocycles. The first kappa shape index (κ1) is 16.3. The van der Waals surface area contributed by atoms with Gasteiger partial charge in [-0.2, -0.15) is 0 Å². The Labute approximate surface area is 107 Å². The topological polar surface area (TPSA) is 74.6 Å². The van der Waals surface area contributed by atoms with E-state index >= 15 is 0 Å². The first-order valence-electron chi connectivity index (χ1n) is 6.07. The Balaban J connectivity index is 0.000000437. The molecule has 0 aromatic carbocycles. The van der Waals surface area contributed by atoms with Gasteiger partial charge in [0.05, 0.1) is 5.25 Å². The summed E-state index contributed by atoms with van der Waals surface area (Å²) in [4.78, 5) is 19.9. The SMILES string of the molecule is CC(SC1CCCCC1)C(=O)O.CCC(=O)O. The molecule has 1 fully saturated rings. The van der Waals surface area contributed by atoms with Gasteiger partial charge in [0.2, 0.25) is 0 Å². The van der Waals surface area contributed by atoms with Crippen molar-refractivity contribution in [3.63, 3.8) is 0 Å². The van der Waals surface area contributed by atoms with Crippen LogP contribution in [0.1, 0.15) is 52.4 Å². The number of thioether (sulfide) groups is 1. The van der Waals surface area contributed by atoms with E-state index in [1.54, 1.807) is 25.6 Å². The minimum absolute atomic E-state index is 0.222. The molecule has 0 amide bonds. The van der Waals surface area contributed by atoms with Crippen LogP contribution in [0.2, 0.25) is 0 Å². The smallest absolute Gasteiger partial charge is 0.316 e. The van der Waals surface area contributed by atoms with Crippen molar-refractivity contribution in [2.75, 3.05) is 0 Å². The Morgan fingerprint density at radius 1 is 1.24 bits per heavy atom. The fourth-order valence-electron chi connectivity index (χ4n) is 1.55. The van der Waals surface area contributed by atoms with E-state index in [1.165, 1.54) is 32.1 Å². The van der Waals surface area contributed by atoms with Crippen molar-refractivity contribution < 1.29 is 19.8 Å². The van der Waals surface area contributed by atoms with Crippen LogP contribution in [0.5, 0.6) is 0 Å². The molecule has 17 heavy (non-hydrogen) atoms. The zero-order valence-electron chi connectivity index (χ0n) is 10.5. The van der Waals surface area contributed by atoms with E-state index in [-0.39, 0.29) is 11.7 Å². The van der Waals surface area contributed by atoms with Crippen molar-refractivity contribution in [2.24, 2.45) is 0 Å². The van der Waals surface area contributed by atoms with Crippen molar-refractivity contribution >= 4 is 23.7 Å². The average molecular weight is 262 g/mol. The second-order valence-corrected chi connectivity index (χ2v) is 5.77. The number of aliphatic carboxylic acids is 2. The third-order valence-corrected chi connectivity index (χ3v) is 4.07. The molecule has 100 valence electrons. The van der Waals surface area contributed by atoms with Gasteiger partial charge in [0.15, 0.2) is 0 Å². The van der Waals surface area contributed by atoms with Gasteiger partial charge < -0.3 is 10.2 Å². The zero-order valence-corrected chi connectivity index (χ0v) is 11.3. The second-order valence-electron chi connectivity index (χ2n) is 4.12. The largest absolute Gasteiger partial charge is 0.481 e. The van der Waals surface area contributed by atoms with Crippen LogP contribution in [0.15, 0.2) is 0 Å². The highest BCUT2D eigenvalue weighted by Crippen LogP contribution is 2.30. The van der Waals surface area contributed by atoms with Crippen LogP contribution in [0, 0.1) is 0 Å². The summed E-state index contributed by atoms with van der Waals surface area (Å²) in [5, 5.41) is 16.8. The molecule has 0 bridgehead atoms. The van der Waals surface area contributed by atoms with Crippen LogP contribution in [0.4, 0.5) is 0 Å². The summed E-state index contributed by atoms with van der Waals surface area (Å²) in [5.41, 5.74) is 0. The summed E-state index contributed by atoms with van der Waals surface area (Å²) in [6, 6.07) is 0. The maximum Gasteiger partial charge on any atom is 0.316 e. The molecule has 2 N–H and O–H groups in total. The van der Waals surface area contributed by atoms with E-state index in [9.17, 15) is 9.59 Å². The number of hydrogen-bond donors (Lipinski definition) is 2. The van der Waals surface area contributed by atoms with Crippen LogP contribution in [0.3, 0.4) is 0 Å². The summed E-state index contributed by atoms with van der Waals surface area (Å²) in [6.07, 6.45) is 6.54. The quantitative estimate of drug-likeness (QED) is 0.814. The lowest BCUT2D eigenvalue weighted by molar-refractivity contribution is -0.137. The fourth-order valence-corrected chi connectivity index (χ4v) is 2.85. The van der Waals surface area contributed by atoms with Crippen molar-refractivity contribution in [1.29, 1.82) is 0 Å². The van der Waals surface area contributed by atoms with E-state index < -0.39 is 11.9 Å². The molecule has 0 spiro atoms. The van der Waals surface area contributed by atoms with Crippen LogP contribution >= 0.6 is 11.8 Å². The van der Waals surface area contributed by atoms with Gasteiger partial charge in [-0.15, -0.1) is 11.8 Å². The molecule has 0 aromatic rings. The monoisotopic (exact) mass is 262 g/mol. The summed E-state index contributed by atoms with van der Waals surface area (Å²) in [7, 11) is 0. The van der Waals surface area contributed by atoms with Crippen molar-refractivity contribution in [1.82, 2.24) is 0 Å². The lowest BCUT2D eigenvalue weighted by atomic mass is 10.0. The first-order valence-corrected chi connectivity index (χ1v) is 7.01. The average Bonchev–Trinajstić information content (AvgIpc) is 2.31. The minimum Gasteiger partial charge on any atom is -0.481 e. The maximum atomic E-state index is 10.6. The highest BCUT2D eigenvalue weighted by molar-refractivity contribution is 8.01. The molecule has 0 saturated heterocycles. The Kier molecular flexibility index (Phi) is 8.94. The fraction of sp³-hybridized carbons (Fsp3) is 0.833. The Hall–Kier alpha value is -0.710. The molecule has 1 aliphatic rings. The van der Waals surface area contributed by atoms with Crippen molar-refractivity contribution in [2.45, 2.75) is 62.9 Å². The predicted octanol–water partition coefficient (Wildman–Crippen LogP) is 3.01. The molecule has 0 heterocycles. The van der Waals surface area contributed by atoms with Crippen LogP contribution in [0.25, 0.3) is 0 Å². The Morgan fingerprint density at radius 2 is 1.71 bits per heavy atom. The van der Waals surface area contributed by atoms with E-state index in [2.05, 4.69) is 0 Å². The Bertz CT molecular complexity index is 237. The Morgan fingerprint density at radius 3 is 2.06 bits per heavy atom. The zero-order chi connectivity index (χ0) is 13.3. The second kappa shape index (κ2) is 9.33. The van der Waals surface area contributed by atoms with Crippen LogP contribution in [-0.4, -0.2) is 32.7 Å². The van der Waals surface area contributed by atoms with Gasteiger partial charge in [-0.3, -0.25) is 9.59 Å². The number of hydrogen-bond acceptors (Lipinski definition) is 3. The van der Waals surface area contributed by atoms with Gasteiger partial charge in [-0.05, 0) is 19.8 Å². The summed E-state index contributed by atoms with van der Waals surface area (Å²) < 4.78 is 0. The van der Waals surface area contributed by atoms with Crippen molar-refractivity contribution in [3.8, 4) is 0 Å². The van der Waals surface area contributed by atoms with Gasteiger partial charge in [0.1, 0.15) is 0 Å². The highest BCUT2D eigenvalue weighted by atomic mass is 32.2. The molecule has 1 atom stereocenters. The molecule has 1 saturated carbocycles. The van der Waals surface area contributed by atoms with E-state index in [0.717, 1.165) is 0 Å². The highest BCUT2D eigenvalue weighted by Gasteiger charge is 2.20. The molecule has 0 radical (unpaired) electrons. The normalized spacial score (nSPS) is 17.8. The van der Waals surface area contributed by atoms with Gasteiger partial charge in [-0.1, -0.05) is 26.2 Å². The number of carbonyl (C=O) groups is 2. The molecular weight excluding hydrogens is 240 g/mol. The molecule has 4 nitrogen and oxygen atoms in total. The molecule has 1 aliphatic carbocycles. The molecule has 5 heteroatoms. The maximum absolute atomic E-state index is 10.6. The van der Waals surface area contributed by atoms with Gasteiger partial charge in [-0.25, -0.2) is 0 Å². The molecule has 0 aromatic heterocycles. The lowest BCUT2D eigenvalue weighted by Crippen LogP contribution is -2.18. The van der Waals surface area contributed by atoms with Gasteiger partial charge in [0, 0.05) is 11.7 Å². The van der Waals surface area contributed by atoms with Gasteiger partial charge >= 0.3 is 11.9 Å². The standard InChI is InChI=1S/C9H16O2S.C3H6O2/c1-7(9(10)11)12-8-5-3-2-4-6-8;1-2-3(4)5/h7-8H,2-6H2,1H3,(H,10,11);2H2,1H3,(H,4,5). The van der Waals surface area contributed by atoms with E-state index in [0.29, 0.717) is 5.25 Å².